The molecule has 7 nitrogen and oxygen atoms in total. The van der Waals surface area contributed by atoms with Crippen LogP contribution in [-0.2, 0) is 28.9 Å². The lowest BCUT2D eigenvalue weighted by Gasteiger charge is -2.47. The standard InChI is InChI=1S/C32H33N3O4/c1-38-28-15-13-22(18-29(28)39-2)16-17-34-20-30(36)35-26(14-12-21-8-4-3-5-9-21)31-24(19-27(35)32(34)37)23-10-6-7-11-25(23)33-31/h3-11,13,15,18,26-27,33H,12,14,16-17,19-20H2,1-2H3/t26?,27-/m0/s1. The molecule has 2 atom stereocenters. The van der Waals surface area contributed by atoms with Crippen molar-refractivity contribution in [3.8, 4) is 11.5 Å². The molecule has 0 spiro atoms. The van der Waals surface area contributed by atoms with Crippen LogP contribution in [0, 0.1) is 0 Å². The van der Waals surface area contributed by atoms with E-state index in [2.05, 4.69) is 29.2 Å². The maximum atomic E-state index is 13.9. The third-order valence-electron chi connectivity index (χ3n) is 8.13. The molecule has 200 valence electrons. The molecule has 0 bridgehead atoms. The first-order valence-electron chi connectivity index (χ1n) is 13.5. The Bertz CT molecular complexity index is 1510. The van der Waals surface area contributed by atoms with Gasteiger partial charge in [-0.2, -0.15) is 0 Å². The number of carbonyl (C=O) groups excluding carboxylic acids is 2. The van der Waals surface area contributed by atoms with Gasteiger partial charge >= 0.3 is 0 Å². The Hall–Kier alpha value is -4.26. The highest BCUT2D eigenvalue weighted by molar-refractivity contribution is 5.97. The first-order valence-corrected chi connectivity index (χ1v) is 13.5. The topological polar surface area (TPSA) is 74.9 Å². The van der Waals surface area contributed by atoms with E-state index in [-0.39, 0.29) is 24.4 Å². The predicted octanol–water partition coefficient (Wildman–Crippen LogP) is 4.70. The average Bonchev–Trinajstić information content (AvgIpc) is 3.35. The van der Waals surface area contributed by atoms with Crippen LogP contribution in [0.4, 0.5) is 0 Å². The van der Waals surface area contributed by atoms with Crippen molar-refractivity contribution < 1.29 is 19.1 Å². The number of aromatic amines is 1. The third kappa shape index (κ3) is 4.62. The van der Waals surface area contributed by atoms with Crippen molar-refractivity contribution in [2.24, 2.45) is 0 Å². The number of para-hydroxylation sites is 1. The van der Waals surface area contributed by atoms with E-state index in [0.717, 1.165) is 40.6 Å². The molecule has 3 heterocycles. The molecule has 39 heavy (non-hydrogen) atoms. The number of nitrogens with zero attached hydrogens (tertiary/aromatic N) is 2. The van der Waals surface area contributed by atoms with Gasteiger partial charge in [-0.3, -0.25) is 9.59 Å². The molecule has 2 aliphatic rings. The molecular weight excluding hydrogens is 490 g/mol. The summed E-state index contributed by atoms with van der Waals surface area (Å²) in [6.07, 6.45) is 2.74. The number of aryl methyl sites for hydroxylation is 1. The molecule has 0 radical (unpaired) electrons. The number of methoxy groups -OCH3 is 2. The van der Waals surface area contributed by atoms with E-state index in [1.807, 2.05) is 53.4 Å². The highest BCUT2D eigenvalue weighted by Crippen LogP contribution is 2.41. The van der Waals surface area contributed by atoms with Crippen LogP contribution < -0.4 is 9.47 Å². The first-order chi connectivity index (χ1) is 19.1. The molecule has 1 saturated heterocycles. The minimum atomic E-state index is -0.496. The van der Waals surface area contributed by atoms with E-state index in [9.17, 15) is 9.59 Å². The summed E-state index contributed by atoms with van der Waals surface area (Å²) in [4.78, 5) is 34.8. The van der Waals surface area contributed by atoms with Crippen molar-refractivity contribution in [2.75, 3.05) is 27.3 Å². The normalized spacial score (nSPS) is 18.7. The predicted molar refractivity (Wildman–Crippen MR) is 150 cm³/mol. The largest absolute Gasteiger partial charge is 0.493 e. The van der Waals surface area contributed by atoms with Crippen LogP contribution in [0.2, 0.25) is 0 Å². The van der Waals surface area contributed by atoms with E-state index in [1.165, 1.54) is 5.56 Å². The number of ether oxygens (including phenoxy) is 2. The summed E-state index contributed by atoms with van der Waals surface area (Å²) in [7, 11) is 3.22. The number of benzene rings is 3. The van der Waals surface area contributed by atoms with Crippen LogP contribution in [0.1, 0.15) is 34.8 Å². The lowest BCUT2D eigenvalue weighted by molar-refractivity contribution is -0.159. The molecule has 1 fully saturated rings. The lowest BCUT2D eigenvalue weighted by atomic mass is 9.86. The summed E-state index contributed by atoms with van der Waals surface area (Å²) >= 11 is 0. The highest BCUT2D eigenvalue weighted by atomic mass is 16.5. The van der Waals surface area contributed by atoms with Crippen LogP contribution >= 0.6 is 0 Å². The minimum Gasteiger partial charge on any atom is -0.493 e. The molecule has 1 aromatic heterocycles. The molecule has 4 aromatic rings. The number of nitrogens with one attached hydrogen (secondary N) is 1. The van der Waals surface area contributed by atoms with Gasteiger partial charge in [-0.15, -0.1) is 0 Å². The van der Waals surface area contributed by atoms with E-state index < -0.39 is 6.04 Å². The fourth-order valence-corrected chi connectivity index (χ4v) is 6.18. The fourth-order valence-electron chi connectivity index (χ4n) is 6.18. The Morgan fingerprint density at radius 1 is 0.872 bits per heavy atom. The maximum Gasteiger partial charge on any atom is 0.246 e. The lowest BCUT2D eigenvalue weighted by Crippen LogP contribution is -2.63. The van der Waals surface area contributed by atoms with Crippen molar-refractivity contribution >= 4 is 22.7 Å². The zero-order valence-electron chi connectivity index (χ0n) is 22.4. The summed E-state index contributed by atoms with van der Waals surface area (Å²) in [6, 6.07) is 23.7. The van der Waals surface area contributed by atoms with Gasteiger partial charge < -0.3 is 24.3 Å². The summed E-state index contributed by atoms with van der Waals surface area (Å²) in [5, 5.41) is 1.14. The summed E-state index contributed by atoms with van der Waals surface area (Å²) in [5.41, 5.74) is 5.54. The van der Waals surface area contributed by atoms with E-state index in [0.29, 0.717) is 30.9 Å². The number of piperazine rings is 1. The van der Waals surface area contributed by atoms with Gasteiger partial charge in [0.15, 0.2) is 11.5 Å². The van der Waals surface area contributed by atoms with Crippen molar-refractivity contribution in [3.05, 3.63) is 95.2 Å². The van der Waals surface area contributed by atoms with Gasteiger partial charge in [0, 0.05) is 29.6 Å². The van der Waals surface area contributed by atoms with Crippen LogP contribution in [-0.4, -0.2) is 59.9 Å². The van der Waals surface area contributed by atoms with Gasteiger partial charge in [-0.1, -0.05) is 54.6 Å². The Balaban J connectivity index is 1.27. The van der Waals surface area contributed by atoms with E-state index in [4.69, 9.17) is 9.47 Å². The zero-order valence-corrected chi connectivity index (χ0v) is 22.4. The van der Waals surface area contributed by atoms with Gasteiger partial charge in [-0.25, -0.2) is 0 Å². The third-order valence-corrected chi connectivity index (χ3v) is 8.13. The molecule has 3 aromatic carbocycles. The second-order valence-corrected chi connectivity index (χ2v) is 10.3. The number of amides is 2. The number of H-pyrrole nitrogens is 1. The van der Waals surface area contributed by atoms with Crippen molar-refractivity contribution in [3.63, 3.8) is 0 Å². The number of aromatic nitrogens is 1. The van der Waals surface area contributed by atoms with Gasteiger partial charge in [0.05, 0.1) is 26.8 Å². The van der Waals surface area contributed by atoms with Crippen LogP contribution in [0.5, 0.6) is 11.5 Å². The van der Waals surface area contributed by atoms with Gasteiger partial charge in [-0.05, 0) is 54.2 Å². The molecule has 1 unspecified atom stereocenters. The SMILES string of the molecule is COc1ccc(CCN2CC(=O)N3C(CCc4ccccc4)c4[nH]c5ccccc5c4C[C@H]3C2=O)cc1OC. The second kappa shape index (κ2) is 10.5. The molecule has 6 rings (SSSR count). The molecule has 2 amide bonds. The number of carbonyl (C=O) groups is 2. The Morgan fingerprint density at radius 3 is 2.44 bits per heavy atom. The first kappa shape index (κ1) is 25.0. The van der Waals surface area contributed by atoms with E-state index in [1.54, 1.807) is 19.1 Å². The van der Waals surface area contributed by atoms with Crippen molar-refractivity contribution in [1.29, 1.82) is 0 Å². The summed E-state index contributed by atoms with van der Waals surface area (Å²) in [6.45, 7) is 0.569. The number of hydrogen-bond acceptors (Lipinski definition) is 4. The molecular formula is C32H33N3O4. The maximum absolute atomic E-state index is 13.9. The molecule has 2 aliphatic heterocycles. The van der Waals surface area contributed by atoms with Gasteiger partial charge in [0.25, 0.3) is 0 Å². The molecule has 0 aliphatic carbocycles. The Labute approximate surface area is 228 Å². The number of hydrogen-bond donors (Lipinski definition) is 1. The molecule has 7 heteroatoms. The van der Waals surface area contributed by atoms with Crippen molar-refractivity contribution in [2.45, 2.75) is 37.8 Å². The summed E-state index contributed by atoms with van der Waals surface area (Å²) < 4.78 is 10.8. The second-order valence-electron chi connectivity index (χ2n) is 10.3. The van der Waals surface area contributed by atoms with E-state index >= 15 is 0 Å². The molecule has 0 saturated carbocycles. The van der Waals surface area contributed by atoms with Gasteiger partial charge in [0.1, 0.15) is 6.04 Å². The molecule has 1 N–H and O–H groups in total. The van der Waals surface area contributed by atoms with Crippen LogP contribution in [0.15, 0.2) is 72.8 Å². The van der Waals surface area contributed by atoms with Gasteiger partial charge in [0.2, 0.25) is 11.8 Å². The average molecular weight is 524 g/mol. The highest BCUT2D eigenvalue weighted by Gasteiger charge is 2.47. The minimum absolute atomic E-state index is 0.00859. The fraction of sp³-hybridized carbons (Fsp3) is 0.312. The number of fused-ring (bicyclic) bond motifs is 4. The smallest absolute Gasteiger partial charge is 0.246 e. The quantitative estimate of drug-likeness (QED) is 0.363. The van der Waals surface area contributed by atoms with Crippen LogP contribution in [0.25, 0.3) is 10.9 Å². The number of rotatable bonds is 8. The Kier molecular flexibility index (Phi) is 6.73. The van der Waals surface area contributed by atoms with Crippen LogP contribution in [0.3, 0.4) is 0 Å². The summed E-state index contributed by atoms with van der Waals surface area (Å²) in [5.74, 6) is 1.35. The Morgan fingerprint density at radius 2 is 1.64 bits per heavy atom. The van der Waals surface area contributed by atoms with Crippen molar-refractivity contribution in [1.82, 2.24) is 14.8 Å². The zero-order chi connectivity index (χ0) is 26.9. The monoisotopic (exact) mass is 523 g/mol.